The summed E-state index contributed by atoms with van der Waals surface area (Å²) in [6.45, 7) is 1.84. The lowest BCUT2D eigenvalue weighted by Crippen LogP contribution is -2.12. The predicted octanol–water partition coefficient (Wildman–Crippen LogP) is 3.61. The molecule has 0 saturated carbocycles. The van der Waals surface area contributed by atoms with Crippen molar-refractivity contribution in [3.63, 3.8) is 0 Å². The molecule has 1 amide bonds. The summed E-state index contributed by atoms with van der Waals surface area (Å²) in [6, 6.07) is 9.50. The van der Waals surface area contributed by atoms with E-state index in [-0.39, 0.29) is 11.7 Å². The zero-order chi connectivity index (χ0) is 14.7. The van der Waals surface area contributed by atoms with Crippen LogP contribution in [0.25, 0.3) is 0 Å². The maximum absolute atomic E-state index is 12.1. The molecule has 0 aliphatic carbocycles. The molecule has 2 rings (SSSR count). The minimum atomic E-state index is -0.332. The van der Waals surface area contributed by atoms with Gasteiger partial charge in [-0.15, -0.1) is 0 Å². The summed E-state index contributed by atoms with van der Waals surface area (Å²) in [5.74, 6) is 0.187. The highest BCUT2D eigenvalue weighted by Gasteiger charge is 2.12. The van der Waals surface area contributed by atoms with E-state index in [1.165, 1.54) is 19.2 Å². The Morgan fingerprint density at radius 3 is 2.70 bits per heavy atom. The minimum Gasteiger partial charge on any atom is -0.508 e. The molecule has 0 atom stereocenters. The Hall–Kier alpha value is -2.20. The average molecular weight is 292 g/mol. The summed E-state index contributed by atoms with van der Waals surface area (Å²) >= 11 is 6.01. The highest BCUT2D eigenvalue weighted by molar-refractivity contribution is 6.31. The molecule has 2 aromatic carbocycles. The molecule has 5 heteroatoms. The lowest BCUT2D eigenvalue weighted by molar-refractivity contribution is 0.102. The molecule has 0 aromatic heterocycles. The highest BCUT2D eigenvalue weighted by Crippen LogP contribution is 2.31. The normalized spacial score (nSPS) is 10.2. The maximum atomic E-state index is 12.1. The number of anilines is 1. The molecule has 0 radical (unpaired) electrons. The van der Waals surface area contributed by atoms with Gasteiger partial charge >= 0.3 is 0 Å². The van der Waals surface area contributed by atoms with Crippen molar-refractivity contribution in [1.29, 1.82) is 0 Å². The fourth-order valence-corrected chi connectivity index (χ4v) is 1.93. The summed E-state index contributed by atoms with van der Waals surface area (Å²) < 4.78 is 5.19. The molecule has 20 heavy (non-hydrogen) atoms. The summed E-state index contributed by atoms with van der Waals surface area (Å²) in [4.78, 5) is 12.1. The molecule has 0 aliphatic rings. The lowest BCUT2D eigenvalue weighted by atomic mass is 10.1. The van der Waals surface area contributed by atoms with Gasteiger partial charge in [-0.05, 0) is 36.8 Å². The summed E-state index contributed by atoms with van der Waals surface area (Å²) in [5, 5.41) is 12.7. The first kappa shape index (κ1) is 14.2. The van der Waals surface area contributed by atoms with Crippen molar-refractivity contribution >= 4 is 23.2 Å². The van der Waals surface area contributed by atoms with Crippen LogP contribution in [0.2, 0.25) is 5.02 Å². The van der Waals surface area contributed by atoms with Gasteiger partial charge in [0.25, 0.3) is 5.91 Å². The molecule has 104 valence electrons. The van der Waals surface area contributed by atoms with Crippen LogP contribution in [0.3, 0.4) is 0 Å². The highest BCUT2D eigenvalue weighted by atomic mass is 35.5. The van der Waals surface area contributed by atoms with Gasteiger partial charge in [0.2, 0.25) is 0 Å². The Bertz CT molecular complexity index is 656. The number of benzene rings is 2. The molecule has 0 heterocycles. The van der Waals surface area contributed by atoms with E-state index in [4.69, 9.17) is 16.3 Å². The first-order valence-corrected chi connectivity index (χ1v) is 6.33. The van der Waals surface area contributed by atoms with Gasteiger partial charge in [-0.3, -0.25) is 4.79 Å². The van der Waals surface area contributed by atoms with E-state index in [9.17, 15) is 9.90 Å². The van der Waals surface area contributed by atoms with E-state index in [1.807, 2.05) is 6.92 Å². The van der Waals surface area contributed by atoms with E-state index < -0.39 is 0 Å². The molecule has 0 spiro atoms. The first-order valence-electron chi connectivity index (χ1n) is 5.96. The quantitative estimate of drug-likeness (QED) is 0.908. The van der Waals surface area contributed by atoms with Crippen LogP contribution < -0.4 is 10.1 Å². The van der Waals surface area contributed by atoms with Crippen LogP contribution in [0.1, 0.15) is 15.9 Å². The van der Waals surface area contributed by atoms with E-state index in [2.05, 4.69) is 5.32 Å². The number of carbonyl (C=O) groups is 1. The largest absolute Gasteiger partial charge is 0.508 e. The lowest BCUT2D eigenvalue weighted by Gasteiger charge is -2.12. The number of hydrogen-bond acceptors (Lipinski definition) is 3. The molecule has 4 nitrogen and oxygen atoms in total. The van der Waals surface area contributed by atoms with Gasteiger partial charge in [-0.1, -0.05) is 17.7 Å². The van der Waals surface area contributed by atoms with Crippen molar-refractivity contribution in [3.8, 4) is 11.5 Å². The van der Waals surface area contributed by atoms with Gasteiger partial charge in [0.05, 0.1) is 12.8 Å². The number of aromatic hydroxyl groups is 1. The molecular formula is C15H14ClNO3. The molecule has 0 fully saturated rings. The molecule has 0 unspecified atom stereocenters. The number of methoxy groups -OCH3 is 1. The Morgan fingerprint density at radius 1 is 1.30 bits per heavy atom. The third kappa shape index (κ3) is 3.03. The third-order valence-corrected chi connectivity index (χ3v) is 3.24. The van der Waals surface area contributed by atoms with Crippen LogP contribution in [-0.2, 0) is 0 Å². The monoisotopic (exact) mass is 291 g/mol. The summed E-state index contributed by atoms with van der Waals surface area (Å²) in [5.41, 5.74) is 1.72. The predicted molar refractivity (Wildman–Crippen MR) is 78.8 cm³/mol. The Kier molecular flexibility index (Phi) is 4.15. The van der Waals surface area contributed by atoms with Gasteiger partial charge < -0.3 is 15.2 Å². The molecule has 2 aromatic rings. The second kappa shape index (κ2) is 5.84. The number of aryl methyl sites for hydroxylation is 1. The average Bonchev–Trinajstić information content (AvgIpc) is 2.42. The van der Waals surface area contributed by atoms with Crippen LogP contribution in [0.15, 0.2) is 36.4 Å². The SMILES string of the molecule is COc1cc(Cl)c(C)cc1NC(=O)c1cccc(O)c1. The Morgan fingerprint density at radius 2 is 2.05 bits per heavy atom. The van der Waals surface area contributed by atoms with Crippen molar-refractivity contribution in [2.75, 3.05) is 12.4 Å². The number of carbonyl (C=O) groups excluding carboxylic acids is 1. The smallest absolute Gasteiger partial charge is 0.255 e. The van der Waals surface area contributed by atoms with Crippen molar-refractivity contribution in [3.05, 3.63) is 52.5 Å². The molecular weight excluding hydrogens is 278 g/mol. The van der Waals surface area contributed by atoms with Gasteiger partial charge in [-0.25, -0.2) is 0 Å². The van der Waals surface area contributed by atoms with E-state index in [1.54, 1.807) is 24.3 Å². The van der Waals surface area contributed by atoms with E-state index in [0.29, 0.717) is 22.0 Å². The topological polar surface area (TPSA) is 58.6 Å². The number of amides is 1. The zero-order valence-electron chi connectivity index (χ0n) is 11.1. The second-order valence-electron chi connectivity index (χ2n) is 4.31. The number of ether oxygens (including phenoxy) is 1. The van der Waals surface area contributed by atoms with Crippen molar-refractivity contribution in [2.24, 2.45) is 0 Å². The standard InChI is InChI=1S/C15H14ClNO3/c1-9-6-13(14(20-2)8-12(9)16)17-15(19)10-4-3-5-11(18)7-10/h3-8,18H,1-2H3,(H,17,19). The van der Waals surface area contributed by atoms with Crippen LogP contribution in [0.5, 0.6) is 11.5 Å². The summed E-state index contributed by atoms with van der Waals surface area (Å²) in [6.07, 6.45) is 0. The second-order valence-corrected chi connectivity index (χ2v) is 4.71. The Balaban J connectivity index is 2.30. The molecule has 0 bridgehead atoms. The van der Waals surface area contributed by atoms with Crippen molar-refractivity contribution < 1.29 is 14.6 Å². The van der Waals surface area contributed by atoms with Crippen LogP contribution >= 0.6 is 11.6 Å². The Labute approximate surface area is 122 Å². The van der Waals surface area contributed by atoms with Crippen LogP contribution in [-0.4, -0.2) is 18.1 Å². The summed E-state index contributed by atoms with van der Waals surface area (Å²) in [7, 11) is 1.50. The molecule has 0 aliphatic heterocycles. The fourth-order valence-electron chi connectivity index (χ4n) is 1.77. The minimum absolute atomic E-state index is 0.0388. The van der Waals surface area contributed by atoms with Crippen LogP contribution in [0.4, 0.5) is 5.69 Å². The van der Waals surface area contributed by atoms with Crippen molar-refractivity contribution in [1.82, 2.24) is 0 Å². The van der Waals surface area contributed by atoms with Crippen molar-refractivity contribution in [2.45, 2.75) is 6.92 Å². The number of rotatable bonds is 3. The number of hydrogen-bond donors (Lipinski definition) is 2. The van der Waals surface area contributed by atoms with E-state index in [0.717, 1.165) is 5.56 Å². The van der Waals surface area contributed by atoms with Crippen LogP contribution in [0, 0.1) is 6.92 Å². The zero-order valence-corrected chi connectivity index (χ0v) is 11.9. The number of phenols is 1. The molecule has 2 N–H and O–H groups in total. The number of halogens is 1. The van der Waals surface area contributed by atoms with Gasteiger partial charge in [0, 0.05) is 16.7 Å². The molecule has 0 saturated heterocycles. The first-order chi connectivity index (χ1) is 9.51. The number of phenolic OH excluding ortho intramolecular Hbond substituents is 1. The third-order valence-electron chi connectivity index (χ3n) is 2.84. The van der Waals surface area contributed by atoms with Gasteiger partial charge in [-0.2, -0.15) is 0 Å². The van der Waals surface area contributed by atoms with Gasteiger partial charge in [0.15, 0.2) is 0 Å². The van der Waals surface area contributed by atoms with E-state index >= 15 is 0 Å². The van der Waals surface area contributed by atoms with Gasteiger partial charge in [0.1, 0.15) is 11.5 Å². The maximum Gasteiger partial charge on any atom is 0.255 e. The fraction of sp³-hybridized carbons (Fsp3) is 0.133. The number of nitrogens with one attached hydrogen (secondary N) is 1.